The molecule has 0 fully saturated rings. The Bertz CT molecular complexity index is 684. The molecule has 0 amide bonds. The predicted molar refractivity (Wildman–Crippen MR) is 87.1 cm³/mol. The Hall–Kier alpha value is -1.13. The second-order valence-electron chi connectivity index (χ2n) is 5.12. The Morgan fingerprint density at radius 3 is 2.70 bits per heavy atom. The van der Waals surface area contributed by atoms with Crippen LogP contribution in [0.3, 0.4) is 0 Å². The van der Waals surface area contributed by atoms with Crippen LogP contribution in [-0.2, 0) is 29.4 Å². The lowest BCUT2D eigenvalue weighted by molar-refractivity contribution is 0.682. The summed E-state index contributed by atoms with van der Waals surface area (Å²) in [4.78, 5) is 0.910. The van der Waals surface area contributed by atoms with E-state index >= 15 is 0 Å². The van der Waals surface area contributed by atoms with Crippen molar-refractivity contribution in [2.45, 2.75) is 29.9 Å². The Labute approximate surface area is 130 Å². The number of anilines is 1. The number of hydrogen-bond donors (Lipinski definition) is 1. The number of halogens is 1. The molecule has 0 saturated heterocycles. The zero-order valence-electron chi connectivity index (χ0n) is 11.1. The van der Waals surface area contributed by atoms with Crippen LogP contribution in [0.5, 0.6) is 0 Å². The third-order valence-corrected chi connectivity index (χ3v) is 5.57. The van der Waals surface area contributed by atoms with Gasteiger partial charge >= 0.3 is 0 Å². The molecule has 0 saturated carbocycles. The zero-order valence-corrected chi connectivity index (χ0v) is 13.5. The summed E-state index contributed by atoms with van der Waals surface area (Å²) < 4.78 is 13.4. The van der Waals surface area contributed by atoms with E-state index in [4.69, 9.17) is 5.73 Å². The molecule has 2 nitrogen and oxygen atoms in total. The van der Waals surface area contributed by atoms with Gasteiger partial charge in [-0.1, -0.05) is 28.1 Å². The van der Waals surface area contributed by atoms with Gasteiger partial charge in [-0.3, -0.25) is 4.21 Å². The van der Waals surface area contributed by atoms with E-state index in [0.717, 1.165) is 27.8 Å². The van der Waals surface area contributed by atoms with Gasteiger partial charge in [0.15, 0.2) is 0 Å². The van der Waals surface area contributed by atoms with Crippen LogP contribution < -0.4 is 5.73 Å². The summed E-state index contributed by atoms with van der Waals surface area (Å²) in [7, 11) is -1.04. The molecule has 0 spiro atoms. The second kappa shape index (κ2) is 5.70. The monoisotopic (exact) mass is 349 g/mol. The van der Waals surface area contributed by atoms with Gasteiger partial charge in [0.25, 0.3) is 0 Å². The minimum Gasteiger partial charge on any atom is -0.398 e. The molecule has 2 aromatic carbocycles. The fraction of sp³-hybridized carbons (Fsp3) is 0.250. The number of rotatable bonds is 3. The molecule has 0 bridgehead atoms. The highest BCUT2D eigenvalue weighted by Crippen LogP contribution is 2.26. The molecule has 0 radical (unpaired) electrons. The predicted octanol–water partition coefficient (Wildman–Crippen LogP) is 3.83. The average Bonchev–Trinajstić information content (AvgIpc) is 2.89. The number of fused-ring (bicyclic) bond motifs is 1. The van der Waals surface area contributed by atoms with E-state index in [0.29, 0.717) is 11.4 Å². The fourth-order valence-electron chi connectivity index (χ4n) is 2.61. The molecule has 4 heteroatoms. The van der Waals surface area contributed by atoms with Gasteiger partial charge in [0.1, 0.15) is 0 Å². The first-order chi connectivity index (χ1) is 9.63. The highest BCUT2D eigenvalue weighted by Gasteiger charge is 2.14. The van der Waals surface area contributed by atoms with E-state index in [-0.39, 0.29) is 0 Å². The first kappa shape index (κ1) is 13.8. The molecular formula is C16H16BrNOS. The molecule has 0 heterocycles. The minimum atomic E-state index is -1.04. The van der Waals surface area contributed by atoms with Crippen LogP contribution in [0.15, 0.2) is 45.8 Å². The molecule has 2 aromatic rings. The van der Waals surface area contributed by atoms with Crippen molar-refractivity contribution < 1.29 is 4.21 Å². The third-order valence-electron chi connectivity index (χ3n) is 3.73. The summed E-state index contributed by atoms with van der Waals surface area (Å²) in [6.07, 6.45) is 3.48. The first-order valence-electron chi connectivity index (χ1n) is 6.67. The Morgan fingerprint density at radius 1 is 1.10 bits per heavy atom. The summed E-state index contributed by atoms with van der Waals surface area (Å²) in [5.74, 6) is 0.470. The number of aryl methyl sites for hydroxylation is 2. The van der Waals surface area contributed by atoms with Crippen molar-refractivity contribution >= 4 is 32.4 Å². The topological polar surface area (TPSA) is 43.1 Å². The molecule has 2 N–H and O–H groups in total. The van der Waals surface area contributed by atoms with Gasteiger partial charge < -0.3 is 5.73 Å². The molecular weight excluding hydrogens is 334 g/mol. The molecule has 3 rings (SSSR count). The van der Waals surface area contributed by atoms with Gasteiger partial charge in [0.05, 0.1) is 16.6 Å². The number of benzene rings is 2. The van der Waals surface area contributed by atoms with E-state index in [2.05, 4.69) is 28.1 Å². The first-order valence-corrected chi connectivity index (χ1v) is 8.79. The average molecular weight is 350 g/mol. The molecule has 1 atom stereocenters. The lowest BCUT2D eigenvalue weighted by Crippen LogP contribution is -2.01. The van der Waals surface area contributed by atoms with Gasteiger partial charge in [0, 0.05) is 15.1 Å². The maximum absolute atomic E-state index is 12.5. The maximum atomic E-state index is 12.5. The van der Waals surface area contributed by atoms with Gasteiger partial charge in [-0.15, -0.1) is 0 Å². The van der Waals surface area contributed by atoms with Crippen LogP contribution in [0.2, 0.25) is 0 Å². The van der Waals surface area contributed by atoms with Crippen molar-refractivity contribution in [3.8, 4) is 0 Å². The largest absolute Gasteiger partial charge is 0.398 e. The number of nitrogens with two attached hydrogens (primary N) is 1. The Kier molecular flexibility index (Phi) is 3.94. The molecule has 0 aliphatic heterocycles. The van der Waals surface area contributed by atoms with E-state index in [9.17, 15) is 4.21 Å². The van der Waals surface area contributed by atoms with Crippen LogP contribution in [0.4, 0.5) is 5.69 Å². The van der Waals surface area contributed by atoms with Crippen molar-refractivity contribution in [2.24, 2.45) is 0 Å². The fourth-order valence-corrected chi connectivity index (χ4v) is 4.20. The summed E-state index contributed by atoms with van der Waals surface area (Å²) in [5, 5.41) is 0. The van der Waals surface area contributed by atoms with E-state index in [1.54, 1.807) is 0 Å². The van der Waals surface area contributed by atoms with Gasteiger partial charge in [-0.2, -0.15) is 0 Å². The van der Waals surface area contributed by atoms with E-state index in [1.165, 1.54) is 17.5 Å². The van der Waals surface area contributed by atoms with E-state index < -0.39 is 10.8 Å². The SMILES string of the molecule is Nc1cc(Br)ccc1CS(=O)c1ccc2c(c1)CCC2. The summed E-state index contributed by atoms with van der Waals surface area (Å²) >= 11 is 3.39. The lowest BCUT2D eigenvalue weighted by Gasteiger charge is -2.08. The summed E-state index contributed by atoms with van der Waals surface area (Å²) in [6.45, 7) is 0. The van der Waals surface area contributed by atoms with Crippen LogP contribution in [0, 0.1) is 0 Å². The molecule has 1 unspecified atom stereocenters. The zero-order chi connectivity index (χ0) is 14.1. The van der Waals surface area contributed by atoms with Crippen LogP contribution in [-0.4, -0.2) is 4.21 Å². The quantitative estimate of drug-likeness (QED) is 0.855. The highest BCUT2D eigenvalue weighted by atomic mass is 79.9. The van der Waals surface area contributed by atoms with Gasteiger partial charge in [-0.25, -0.2) is 0 Å². The lowest BCUT2D eigenvalue weighted by atomic mass is 10.1. The normalized spacial score (nSPS) is 15.1. The Balaban J connectivity index is 1.82. The van der Waals surface area contributed by atoms with Crippen LogP contribution >= 0.6 is 15.9 Å². The van der Waals surface area contributed by atoms with Crippen molar-refractivity contribution in [1.82, 2.24) is 0 Å². The standard InChI is InChI=1S/C16H16BrNOS/c17-14-6-4-13(16(18)9-14)10-20(19)15-7-5-11-2-1-3-12(11)8-15/h4-9H,1-3,10,18H2. The van der Waals surface area contributed by atoms with E-state index in [1.807, 2.05) is 24.3 Å². The molecule has 104 valence electrons. The van der Waals surface area contributed by atoms with Crippen molar-refractivity contribution in [3.63, 3.8) is 0 Å². The maximum Gasteiger partial charge on any atom is 0.0575 e. The molecule has 20 heavy (non-hydrogen) atoms. The third kappa shape index (κ3) is 2.81. The van der Waals surface area contributed by atoms with Crippen molar-refractivity contribution in [1.29, 1.82) is 0 Å². The van der Waals surface area contributed by atoms with Crippen LogP contribution in [0.25, 0.3) is 0 Å². The molecule has 1 aliphatic rings. The smallest absolute Gasteiger partial charge is 0.0575 e. The summed E-state index contributed by atoms with van der Waals surface area (Å²) in [5.41, 5.74) is 10.4. The highest BCUT2D eigenvalue weighted by molar-refractivity contribution is 9.10. The van der Waals surface area contributed by atoms with Crippen LogP contribution in [0.1, 0.15) is 23.1 Å². The van der Waals surface area contributed by atoms with Crippen molar-refractivity contribution in [2.75, 3.05) is 5.73 Å². The second-order valence-corrected chi connectivity index (χ2v) is 7.48. The summed E-state index contributed by atoms with van der Waals surface area (Å²) in [6, 6.07) is 12.0. The molecule has 1 aliphatic carbocycles. The number of nitrogen functional groups attached to an aromatic ring is 1. The van der Waals surface area contributed by atoms with Gasteiger partial charge in [-0.05, 0) is 60.2 Å². The van der Waals surface area contributed by atoms with Crippen molar-refractivity contribution in [3.05, 3.63) is 57.6 Å². The minimum absolute atomic E-state index is 0.470. The molecule has 0 aromatic heterocycles. The van der Waals surface area contributed by atoms with Gasteiger partial charge in [0.2, 0.25) is 0 Å². The number of hydrogen-bond acceptors (Lipinski definition) is 2. The Morgan fingerprint density at radius 2 is 1.90 bits per heavy atom.